The van der Waals surface area contributed by atoms with Crippen molar-refractivity contribution < 1.29 is 19.4 Å². The lowest BCUT2D eigenvalue weighted by Gasteiger charge is -2.38. The van der Waals surface area contributed by atoms with Gasteiger partial charge in [-0.25, -0.2) is 0 Å². The molecule has 2 bridgehead atoms. The SMILES string of the molecule is CC(C)COc1cccc(C(=O)N2C[C@@H]3C[C@H]2CN3C(=O)C(C)(O)C(C)C)c1. The summed E-state index contributed by atoms with van der Waals surface area (Å²) in [6.07, 6.45) is 0.773. The lowest BCUT2D eigenvalue weighted by Crippen LogP contribution is -2.57. The van der Waals surface area contributed by atoms with E-state index in [0.29, 0.717) is 36.9 Å². The maximum atomic E-state index is 13.0. The molecule has 2 saturated heterocycles. The molecule has 2 aliphatic heterocycles. The third-order valence-corrected chi connectivity index (χ3v) is 5.98. The van der Waals surface area contributed by atoms with Crippen molar-refractivity contribution in [1.29, 1.82) is 0 Å². The molecule has 1 N–H and O–H groups in total. The first-order valence-electron chi connectivity index (χ1n) is 10.2. The molecule has 2 heterocycles. The van der Waals surface area contributed by atoms with E-state index in [1.54, 1.807) is 17.9 Å². The summed E-state index contributed by atoms with van der Waals surface area (Å²) >= 11 is 0. The first-order valence-corrected chi connectivity index (χ1v) is 10.2. The van der Waals surface area contributed by atoms with Gasteiger partial charge in [-0.3, -0.25) is 9.59 Å². The molecule has 0 spiro atoms. The van der Waals surface area contributed by atoms with Gasteiger partial charge >= 0.3 is 0 Å². The summed E-state index contributed by atoms with van der Waals surface area (Å²) in [5.74, 6) is 0.704. The molecule has 2 aliphatic rings. The lowest BCUT2D eigenvalue weighted by molar-refractivity contribution is -0.156. The van der Waals surface area contributed by atoms with E-state index in [2.05, 4.69) is 13.8 Å². The van der Waals surface area contributed by atoms with Crippen LogP contribution < -0.4 is 4.74 Å². The maximum absolute atomic E-state index is 13.0. The number of carbonyl (C=O) groups is 2. The Labute approximate surface area is 167 Å². The Balaban J connectivity index is 1.66. The largest absolute Gasteiger partial charge is 0.493 e. The van der Waals surface area contributed by atoms with E-state index in [9.17, 15) is 14.7 Å². The van der Waals surface area contributed by atoms with Crippen LogP contribution in [0.1, 0.15) is 51.4 Å². The quantitative estimate of drug-likeness (QED) is 0.813. The van der Waals surface area contributed by atoms with E-state index in [0.717, 1.165) is 6.42 Å². The molecule has 2 fully saturated rings. The number of hydrogen-bond acceptors (Lipinski definition) is 4. The van der Waals surface area contributed by atoms with E-state index in [4.69, 9.17) is 4.74 Å². The summed E-state index contributed by atoms with van der Waals surface area (Å²) in [6, 6.07) is 7.29. The van der Waals surface area contributed by atoms with Gasteiger partial charge in [0, 0.05) is 18.7 Å². The number of amides is 2. The zero-order valence-electron chi connectivity index (χ0n) is 17.5. The topological polar surface area (TPSA) is 70.1 Å². The summed E-state index contributed by atoms with van der Waals surface area (Å²) in [6.45, 7) is 11.0. The molecule has 1 aromatic carbocycles. The summed E-state index contributed by atoms with van der Waals surface area (Å²) in [5.41, 5.74) is -0.762. The Morgan fingerprint density at radius 1 is 1.18 bits per heavy atom. The molecule has 3 rings (SSSR count). The van der Waals surface area contributed by atoms with Crippen molar-refractivity contribution in [3.05, 3.63) is 29.8 Å². The van der Waals surface area contributed by atoms with Crippen molar-refractivity contribution in [3.63, 3.8) is 0 Å². The van der Waals surface area contributed by atoms with Crippen molar-refractivity contribution >= 4 is 11.8 Å². The van der Waals surface area contributed by atoms with Crippen LogP contribution in [0, 0.1) is 11.8 Å². The van der Waals surface area contributed by atoms with Gasteiger partial charge in [-0.1, -0.05) is 33.8 Å². The van der Waals surface area contributed by atoms with Gasteiger partial charge < -0.3 is 19.6 Å². The molecule has 1 unspecified atom stereocenters. The van der Waals surface area contributed by atoms with E-state index in [1.807, 2.05) is 36.9 Å². The minimum Gasteiger partial charge on any atom is -0.493 e. The second-order valence-electron chi connectivity index (χ2n) is 8.99. The number of hydrogen-bond donors (Lipinski definition) is 1. The van der Waals surface area contributed by atoms with E-state index in [-0.39, 0.29) is 29.8 Å². The molecular formula is C22H32N2O4. The highest BCUT2D eigenvalue weighted by atomic mass is 16.5. The molecular weight excluding hydrogens is 356 g/mol. The average Bonchev–Trinajstić information content (AvgIpc) is 3.26. The summed E-state index contributed by atoms with van der Waals surface area (Å²) < 4.78 is 5.74. The minimum atomic E-state index is -1.37. The fourth-order valence-corrected chi connectivity index (χ4v) is 3.85. The van der Waals surface area contributed by atoms with Crippen molar-refractivity contribution in [2.45, 2.75) is 58.7 Å². The molecule has 0 saturated carbocycles. The number of aliphatic hydroxyl groups is 1. The number of benzene rings is 1. The number of rotatable bonds is 6. The number of piperazine rings is 1. The number of carbonyl (C=O) groups excluding carboxylic acids is 2. The summed E-state index contributed by atoms with van der Waals surface area (Å²) in [5, 5.41) is 10.5. The molecule has 28 heavy (non-hydrogen) atoms. The Morgan fingerprint density at radius 3 is 2.39 bits per heavy atom. The fourth-order valence-electron chi connectivity index (χ4n) is 3.85. The van der Waals surface area contributed by atoms with E-state index >= 15 is 0 Å². The van der Waals surface area contributed by atoms with Gasteiger partial charge in [0.25, 0.3) is 11.8 Å². The lowest BCUT2D eigenvalue weighted by atomic mass is 9.90. The number of nitrogens with zero attached hydrogens (tertiary/aromatic N) is 2. The third-order valence-electron chi connectivity index (χ3n) is 5.98. The first-order chi connectivity index (χ1) is 13.1. The Kier molecular flexibility index (Phi) is 5.71. The van der Waals surface area contributed by atoms with Crippen LogP contribution in [0.2, 0.25) is 0 Å². The van der Waals surface area contributed by atoms with Gasteiger partial charge in [0.1, 0.15) is 11.4 Å². The number of fused-ring (bicyclic) bond motifs is 2. The molecule has 154 valence electrons. The predicted molar refractivity (Wildman–Crippen MR) is 107 cm³/mol. The van der Waals surface area contributed by atoms with Crippen LogP contribution in [-0.2, 0) is 4.79 Å². The molecule has 6 nitrogen and oxygen atoms in total. The van der Waals surface area contributed by atoms with Crippen molar-refractivity contribution in [1.82, 2.24) is 9.80 Å². The van der Waals surface area contributed by atoms with Gasteiger partial charge in [-0.15, -0.1) is 0 Å². The van der Waals surface area contributed by atoms with Gasteiger partial charge in [0.15, 0.2) is 0 Å². The van der Waals surface area contributed by atoms with Crippen LogP contribution in [-0.4, -0.2) is 64.1 Å². The smallest absolute Gasteiger partial charge is 0.254 e. The van der Waals surface area contributed by atoms with Crippen LogP contribution in [0.25, 0.3) is 0 Å². The van der Waals surface area contributed by atoms with Crippen LogP contribution >= 0.6 is 0 Å². The highest BCUT2D eigenvalue weighted by molar-refractivity contribution is 5.95. The van der Waals surface area contributed by atoms with Gasteiger partial charge in [0.05, 0.1) is 18.7 Å². The third kappa shape index (κ3) is 3.88. The minimum absolute atomic E-state index is 0.00431. The van der Waals surface area contributed by atoms with Gasteiger partial charge in [0.2, 0.25) is 0 Å². The summed E-state index contributed by atoms with van der Waals surface area (Å²) in [7, 11) is 0. The zero-order chi connectivity index (χ0) is 20.6. The Morgan fingerprint density at radius 2 is 1.82 bits per heavy atom. The van der Waals surface area contributed by atoms with E-state index in [1.165, 1.54) is 0 Å². The van der Waals surface area contributed by atoms with Crippen LogP contribution in [0.3, 0.4) is 0 Å². The zero-order valence-corrected chi connectivity index (χ0v) is 17.5. The molecule has 2 amide bonds. The fraction of sp³-hybridized carbons (Fsp3) is 0.636. The maximum Gasteiger partial charge on any atom is 0.254 e. The molecule has 0 radical (unpaired) electrons. The molecule has 0 aliphatic carbocycles. The second kappa shape index (κ2) is 7.74. The highest BCUT2D eigenvalue weighted by Gasteiger charge is 2.50. The standard InChI is InChI=1S/C22H32N2O4/c1-14(2)13-28-19-8-6-7-16(9-19)20(25)23-11-18-10-17(23)12-24(18)21(26)22(5,27)15(3)4/h6-9,14-15,17-18,27H,10-13H2,1-5H3/t17-,18-,22?/m0/s1. The molecule has 3 atom stereocenters. The van der Waals surface area contributed by atoms with Crippen molar-refractivity contribution in [2.75, 3.05) is 19.7 Å². The molecule has 1 aromatic rings. The number of likely N-dealkylation sites (tertiary alicyclic amines) is 2. The molecule has 6 heteroatoms. The van der Waals surface area contributed by atoms with Crippen LogP contribution in [0.4, 0.5) is 0 Å². The van der Waals surface area contributed by atoms with Crippen LogP contribution in [0.5, 0.6) is 5.75 Å². The average molecular weight is 389 g/mol. The Hall–Kier alpha value is -2.08. The Bertz CT molecular complexity index is 744. The highest BCUT2D eigenvalue weighted by Crippen LogP contribution is 2.34. The first kappa shape index (κ1) is 20.6. The normalized spacial score (nSPS) is 23.4. The van der Waals surface area contributed by atoms with Gasteiger partial charge in [-0.05, 0) is 43.4 Å². The monoisotopic (exact) mass is 388 g/mol. The van der Waals surface area contributed by atoms with Gasteiger partial charge in [-0.2, -0.15) is 0 Å². The van der Waals surface area contributed by atoms with Crippen LogP contribution in [0.15, 0.2) is 24.3 Å². The summed E-state index contributed by atoms with van der Waals surface area (Å²) in [4.78, 5) is 29.4. The second-order valence-corrected chi connectivity index (χ2v) is 8.99. The number of ether oxygens (including phenoxy) is 1. The molecule has 0 aromatic heterocycles. The van der Waals surface area contributed by atoms with E-state index < -0.39 is 5.60 Å². The predicted octanol–water partition coefficient (Wildman–Crippen LogP) is 2.55. The van der Waals surface area contributed by atoms with Crippen molar-refractivity contribution in [2.24, 2.45) is 11.8 Å². The van der Waals surface area contributed by atoms with Crippen molar-refractivity contribution in [3.8, 4) is 5.75 Å².